The summed E-state index contributed by atoms with van der Waals surface area (Å²) in [6.45, 7) is 4.43. The fraction of sp³-hybridized carbons (Fsp3) is 0.571. The second-order valence-electron chi connectivity index (χ2n) is 5.43. The number of nitrogens with zero attached hydrogens (tertiary/aromatic N) is 1. The molecule has 0 spiro atoms. The molecule has 2 rings (SSSR count). The van der Waals surface area contributed by atoms with Crippen LogP contribution in [0.15, 0.2) is 11.0 Å². The van der Waals surface area contributed by atoms with Crippen molar-refractivity contribution in [2.45, 2.75) is 37.6 Å². The second-order valence-corrected chi connectivity index (χ2v) is 8.09. The third-order valence-corrected chi connectivity index (χ3v) is 7.01. The van der Waals surface area contributed by atoms with Crippen LogP contribution in [0.3, 0.4) is 0 Å². The SMILES string of the molecule is CNC1CCCN(S(=O)(=O)c2c(C)c(Cl)cc(C)c2Cl)C1. The molecule has 1 heterocycles. The van der Waals surface area contributed by atoms with E-state index in [2.05, 4.69) is 5.32 Å². The van der Waals surface area contributed by atoms with Crippen LogP contribution in [0, 0.1) is 13.8 Å². The highest BCUT2D eigenvalue weighted by atomic mass is 35.5. The number of hydrogen-bond donors (Lipinski definition) is 1. The molecule has 1 aromatic carbocycles. The van der Waals surface area contributed by atoms with Crippen molar-refractivity contribution in [2.24, 2.45) is 0 Å². The first-order chi connectivity index (χ1) is 9.78. The molecule has 7 heteroatoms. The van der Waals surface area contributed by atoms with E-state index in [1.165, 1.54) is 4.31 Å². The minimum atomic E-state index is -3.63. The lowest BCUT2D eigenvalue weighted by Gasteiger charge is -2.32. The molecule has 1 saturated heterocycles. The van der Waals surface area contributed by atoms with Crippen LogP contribution in [-0.2, 0) is 10.0 Å². The van der Waals surface area contributed by atoms with Crippen LogP contribution in [0.1, 0.15) is 24.0 Å². The van der Waals surface area contributed by atoms with Crippen LogP contribution in [-0.4, -0.2) is 38.9 Å². The van der Waals surface area contributed by atoms with Gasteiger partial charge in [0.05, 0.1) is 5.02 Å². The van der Waals surface area contributed by atoms with Crippen LogP contribution in [0.2, 0.25) is 10.0 Å². The first-order valence-electron chi connectivity index (χ1n) is 6.91. The van der Waals surface area contributed by atoms with Crippen molar-refractivity contribution in [1.29, 1.82) is 0 Å². The smallest absolute Gasteiger partial charge is 0.244 e. The highest BCUT2D eigenvalue weighted by Crippen LogP contribution is 2.35. The summed E-state index contributed by atoms with van der Waals surface area (Å²) in [5.74, 6) is 0. The van der Waals surface area contributed by atoms with Gasteiger partial charge in [0.2, 0.25) is 10.0 Å². The van der Waals surface area contributed by atoms with Crippen LogP contribution in [0.5, 0.6) is 0 Å². The molecule has 0 aliphatic carbocycles. The van der Waals surface area contributed by atoms with Crippen molar-refractivity contribution in [3.63, 3.8) is 0 Å². The number of piperidine rings is 1. The van der Waals surface area contributed by atoms with E-state index >= 15 is 0 Å². The maximum atomic E-state index is 12.9. The fourth-order valence-corrected chi connectivity index (χ4v) is 5.34. The Morgan fingerprint density at radius 3 is 2.62 bits per heavy atom. The van der Waals surface area contributed by atoms with Gasteiger partial charge in [-0.05, 0) is 50.9 Å². The Morgan fingerprint density at radius 1 is 1.33 bits per heavy atom. The highest BCUT2D eigenvalue weighted by molar-refractivity contribution is 7.89. The molecule has 1 N–H and O–H groups in total. The number of nitrogens with one attached hydrogen (secondary N) is 1. The summed E-state index contributed by atoms with van der Waals surface area (Å²) in [6, 6.07) is 1.87. The lowest BCUT2D eigenvalue weighted by molar-refractivity contribution is 0.292. The minimum Gasteiger partial charge on any atom is -0.316 e. The van der Waals surface area contributed by atoms with Gasteiger partial charge in [0.25, 0.3) is 0 Å². The zero-order valence-electron chi connectivity index (χ0n) is 12.4. The fourth-order valence-electron chi connectivity index (χ4n) is 2.65. The number of aryl methyl sites for hydroxylation is 1. The van der Waals surface area contributed by atoms with Gasteiger partial charge in [-0.15, -0.1) is 0 Å². The van der Waals surface area contributed by atoms with E-state index in [0.717, 1.165) is 12.8 Å². The first kappa shape index (κ1) is 17.0. The number of likely N-dealkylation sites (N-methyl/N-ethyl adjacent to an activating group) is 1. The Morgan fingerprint density at radius 2 is 2.00 bits per heavy atom. The molecule has 21 heavy (non-hydrogen) atoms. The van der Waals surface area contributed by atoms with E-state index in [1.807, 2.05) is 7.05 Å². The van der Waals surface area contributed by atoms with E-state index in [9.17, 15) is 8.42 Å². The summed E-state index contributed by atoms with van der Waals surface area (Å²) in [5.41, 5.74) is 1.19. The molecule has 0 saturated carbocycles. The predicted octanol–water partition coefficient (Wildman–Crippen LogP) is 2.98. The lowest BCUT2D eigenvalue weighted by atomic mass is 10.1. The van der Waals surface area contributed by atoms with Gasteiger partial charge < -0.3 is 5.32 Å². The highest BCUT2D eigenvalue weighted by Gasteiger charge is 2.33. The molecular weight excluding hydrogens is 331 g/mol. The zero-order chi connectivity index (χ0) is 15.8. The first-order valence-corrected chi connectivity index (χ1v) is 9.11. The molecule has 118 valence electrons. The van der Waals surface area contributed by atoms with Crippen LogP contribution >= 0.6 is 23.2 Å². The third kappa shape index (κ3) is 3.22. The van der Waals surface area contributed by atoms with Crippen LogP contribution < -0.4 is 5.32 Å². The molecule has 1 aliphatic rings. The van der Waals surface area contributed by atoms with Gasteiger partial charge in [0.1, 0.15) is 4.90 Å². The van der Waals surface area contributed by atoms with Gasteiger partial charge in [0, 0.05) is 24.2 Å². The summed E-state index contributed by atoms with van der Waals surface area (Å²) in [5, 5.41) is 3.84. The van der Waals surface area contributed by atoms with Gasteiger partial charge >= 0.3 is 0 Å². The quantitative estimate of drug-likeness (QED) is 0.911. The van der Waals surface area contributed by atoms with Gasteiger partial charge in [0.15, 0.2) is 0 Å². The number of hydrogen-bond acceptors (Lipinski definition) is 3. The average molecular weight is 351 g/mol. The van der Waals surface area contributed by atoms with Crippen molar-refractivity contribution in [2.75, 3.05) is 20.1 Å². The van der Waals surface area contributed by atoms with E-state index in [-0.39, 0.29) is 16.0 Å². The summed E-state index contributed by atoms with van der Waals surface area (Å²) >= 11 is 12.4. The van der Waals surface area contributed by atoms with E-state index < -0.39 is 10.0 Å². The molecule has 1 unspecified atom stereocenters. The number of halogens is 2. The Kier molecular flexibility index (Phi) is 5.21. The zero-order valence-corrected chi connectivity index (χ0v) is 14.7. The van der Waals surface area contributed by atoms with Gasteiger partial charge in [-0.2, -0.15) is 4.31 Å². The summed E-state index contributed by atoms with van der Waals surface area (Å²) < 4.78 is 27.4. The molecule has 0 amide bonds. The third-order valence-electron chi connectivity index (χ3n) is 3.98. The average Bonchev–Trinajstić information content (AvgIpc) is 2.45. The van der Waals surface area contributed by atoms with Gasteiger partial charge in [-0.1, -0.05) is 23.2 Å². The predicted molar refractivity (Wildman–Crippen MR) is 86.8 cm³/mol. The summed E-state index contributed by atoms with van der Waals surface area (Å²) in [6.07, 6.45) is 1.81. The maximum absolute atomic E-state index is 12.9. The van der Waals surface area contributed by atoms with Crippen LogP contribution in [0.25, 0.3) is 0 Å². The Labute approximate surface area is 136 Å². The molecule has 4 nitrogen and oxygen atoms in total. The Bertz CT molecular complexity index is 621. The molecule has 0 bridgehead atoms. The van der Waals surface area contributed by atoms with Crippen molar-refractivity contribution < 1.29 is 8.42 Å². The van der Waals surface area contributed by atoms with Crippen LogP contribution in [0.4, 0.5) is 0 Å². The summed E-state index contributed by atoms with van der Waals surface area (Å²) in [7, 11) is -1.78. The molecule has 1 aromatic rings. The molecule has 1 fully saturated rings. The van der Waals surface area contributed by atoms with Crippen molar-refractivity contribution in [1.82, 2.24) is 9.62 Å². The molecule has 1 atom stereocenters. The second kappa shape index (κ2) is 6.42. The van der Waals surface area contributed by atoms with Crippen molar-refractivity contribution >= 4 is 33.2 Å². The van der Waals surface area contributed by atoms with E-state index in [1.54, 1.807) is 19.9 Å². The largest absolute Gasteiger partial charge is 0.316 e. The Balaban J connectivity index is 2.50. The van der Waals surface area contributed by atoms with Gasteiger partial charge in [-0.25, -0.2) is 8.42 Å². The van der Waals surface area contributed by atoms with Crippen molar-refractivity contribution in [3.05, 3.63) is 27.2 Å². The lowest BCUT2D eigenvalue weighted by Crippen LogP contribution is -2.47. The molecule has 0 radical (unpaired) electrons. The van der Waals surface area contributed by atoms with E-state index in [4.69, 9.17) is 23.2 Å². The standard InChI is InChI=1S/C14H20Cl2N2O2S/c1-9-7-12(15)10(2)14(13(9)16)21(19,20)18-6-4-5-11(8-18)17-3/h7,11,17H,4-6,8H2,1-3H3. The summed E-state index contributed by atoms with van der Waals surface area (Å²) in [4.78, 5) is 0.144. The monoisotopic (exact) mass is 350 g/mol. The Hall–Kier alpha value is -0.330. The maximum Gasteiger partial charge on any atom is 0.244 e. The molecular formula is C14H20Cl2N2O2S. The molecule has 1 aliphatic heterocycles. The van der Waals surface area contributed by atoms with Gasteiger partial charge in [-0.3, -0.25) is 0 Å². The van der Waals surface area contributed by atoms with E-state index in [0.29, 0.717) is 29.2 Å². The molecule has 0 aromatic heterocycles. The number of benzene rings is 1. The topological polar surface area (TPSA) is 49.4 Å². The number of rotatable bonds is 3. The van der Waals surface area contributed by atoms with Crippen molar-refractivity contribution in [3.8, 4) is 0 Å². The minimum absolute atomic E-state index is 0.144. The normalized spacial score (nSPS) is 20.7. The number of sulfonamides is 1.